The van der Waals surface area contributed by atoms with Crippen LogP contribution in [0, 0.1) is 10.1 Å². The molecule has 0 bridgehead atoms. The Morgan fingerprint density at radius 2 is 1.81 bits per heavy atom. The third-order valence-corrected chi connectivity index (χ3v) is 5.26. The number of carbonyl (C=O) groups is 1. The molecule has 3 aromatic heterocycles. The Bertz CT molecular complexity index is 1590. The molecule has 5 aromatic rings. The largest absolute Gasteiger partial charge is 0.463 e. The second kappa shape index (κ2) is 9.50. The van der Waals surface area contributed by atoms with Gasteiger partial charge in [0.25, 0.3) is 11.2 Å². The minimum atomic E-state index is -0.504. The Kier molecular flexibility index (Phi) is 5.93. The maximum Gasteiger partial charge on any atom is 0.269 e. The lowest BCUT2D eigenvalue weighted by atomic mass is 10.1. The van der Waals surface area contributed by atoms with E-state index in [0.717, 1.165) is 5.56 Å². The number of rotatable bonds is 7. The van der Waals surface area contributed by atoms with Gasteiger partial charge in [-0.1, -0.05) is 42.5 Å². The van der Waals surface area contributed by atoms with Crippen molar-refractivity contribution >= 4 is 17.4 Å². The average Bonchev–Trinajstić information content (AvgIpc) is 3.55. The van der Waals surface area contributed by atoms with Crippen LogP contribution in [0.4, 0.5) is 11.5 Å². The molecule has 36 heavy (non-hydrogen) atoms. The predicted molar refractivity (Wildman–Crippen MR) is 131 cm³/mol. The average molecular weight is 482 g/mol. The highest BCUT2D eigenvalue weighted by Gasteiger charge is 2.18. The minimum absolute atomic E-state index is 0.0345. The molecule has 2 aromatic carbocycles. The molecule has 0 atom stereocenters. The summed E-state index contributed by atoms with van der Waals surface area (Å²) in [6.45, 7) is 0. The summed E-state index contributed by atoms with van der Waals surface area (Å²) in [6.07, 6.45) is 1.46. The fraction of sp³-hybridized carbons (Fsp3) is 0.0400. The molecule has 3 heterocycles. The molecular weight excluding hydrogens is 464 g/mol. The first kappa shape index (κ1) is 22.5. The second-order valence-electron chi connectivity index (χ2n) is 7.77. The van der Waals surface area contributed by atoms with Crippen molar-refractivity contribution in [2.45, 2.75) is 6.42 Å². The highest BCUT2D eigenvalue weighted by molar-refractivity contribution is 5.92. The van der Waals surface area contributed by atoms with Crippen molar-refractivity contribution in [2.75, 3.05) is 5.32 Å². The number of hydrogen-bond donors (Lipinski definition) is 2. The summed E-state index contributed by atoms with van der Waals surface area (Å²) in [5, 5.41) is 18.1. The van der Waals surface area contributed by atoms with E-state index in [-0.39, 0.29) is 23.9 Å². The molecule has 0 unspecified atom stereocenters. The Labute approximate surface area is 203 Å². The lowest BCUT2D eigenvalue weighted by Crippen LogP contribution is -2.19. The van der Waals surface area contributed by atoms with E-state index in [1.807, 2.05) is 30.3 Å². The molecule has 0 fully saturated rings. The summed E-state index contributed by atoms with van der Waals surface area (Å²) in [5.41, 5.74) is 1.73. The molecule has 0 saturated heterocycles. The smallest absolute Gasteiger partial charge is 0.269 e. The van der Waals surface area contributed by atoms with Crippen molar-refractivity contribution in [1.82, 2.24) is 19.7 Å². The lowest BCUT2D eigenvalue weighted by Gasteiger charge is -2.09. The Morgan fingerprint density at radius 3 is 2.50 bits per heavy atom. The number of benzene rings is 2. The van der Waals surface area contributed by atoms with Gasteiger partial charge in [-0.15, -0.1) is 0 Å². The fourth-order valence-electron chi connectivity index (χ4n) is 3.59. The van der Waals surface area contributed by atoms with Gasteiger partial charge in [-0.3, -0.25) is 24.7 Å². The first-order valence-electron chi connectivity index (χ1n) is 10.8. The van der Waals surface area contributed by atoms with Crippen molar-refractivity contribution in [3.8, 4) is 28.7 Å². The van der Waals surface area contributed by atoms with Crippen molar-refractivity contribution in [2.24, 2.45) is 0 Å². The molecule has 0 saturated carbocycles. The van der Waals surface area contributed by atoms with E-state index in [1.54, 1.807) is 18.2 Å². The van der Waals surface area contributed by atoms with Crippen LogP contribution in [0.2, 0.25) is 0 Å². The van der Waals surface area contributed by atoms with Gasteiger partial charge in [0.05, 0.1) is 23.3 Å². The Morgan fingerprint density at radius 1 is 1.03 bits per heavy atom. The first-order chi connectivity index (χ1) is 17.5. The van der Waals surface area contributed by atoms with Gasteiger partial charge in [-0.2, -0.15) is 9.78 Å². The van der Waals surface area contributed by atoms with Crippen LogP contribution in [0.3, 0.4) is 0 Å². The van der Waals surface area contributed by atoms with Gasteiger partial charge in [-0.05, 0) is 17.7 Å². The van der Waals surface area contributed by atoms with Crippen molar-refractivity contribution in [3.63, 3.8) is 0 Å². The van der Waals surface area contributed by atoms with E-state index < -0.39 is 16.4 Å². The summed E-state index contributed by atoms with van der Waals surface area (Å²) >= 11 is 0. The molecule has 11 nitrogen and oxygen atoms in total. The fourth-order valence-corrected chi connectivity index (χ4v) is 3.59. The molecule has 0 aliphatic carbocycles. The molecule has 178 valence electrons. The number of non-ortho nitro benzene ring substituents is 1. The summed E-state index contributed by atoms with van der Waals surface area (Å²) < 4.78 is 6.75. The summed E-state index contributed by atoms with van der Waals surface area (Å²) in [7, 11) is 0. The van der Waals surface area contributed by atoms with Crippen molar-refractivity contribution in [3.05, 3.63) is 111 Å². The van der Waals surface area contributed by atoms with Gasteiger partial charge in [0.1, 0.15) is 11.5 Å². The molecule has 0 aliphatic rings. The number of aromatic nitrogens is 4. The molecule has 0 radical (unpaired) electrons. The zero-order valence-electron chi connectivity index (χ0n) is 18.6. The molecular formula is C25H18N6O5. The zero-order chi connectivity index (χ0) is 25.1. The number of nitrogens with one attached hydrogen (secondary N) is 2. The van der Waals surface area contributed by atoms with Gasteiger partial charge in [0, 0.05) is 29.8 Å². The molecule has 0 aliphatic heterocycles. The molecule has 5 rings (SSSR count). The van der Waals surface area contributed by atoms with Gasteiger partial charge >= 0.3 is 0 Å². The van der Waals surface area contributed by atoms with Gasteiger partial charge in [0.15, 0.2) is 5.76 Å². The summed E-state index contributed by atoms with van der Waals surface area (Å²) in [4.78, 5) is 42.9. The monoisotopic (exact) mass is 482 g/mol. The van der Waals surface area contributed by atoms with Crippen LogP contribution < -0.4 is 10.9 Å². The molecule has 1 amide bonds. The number of anilines is 1. The number of nitro benzene ring substituents is 1. The summed E-state index contributed by atoms with van der Waals surface area (Å²) in [6, 6.07) is 21.3. The Hall–Kier alpha value is -5.32. The number of furan rings is 1. The van der Waals surface area contributed by atoms with Gasteiger partial charge in [0.2, 0.25) is 11.9 Å². The number of amides is 1. The first-order valence-corrected chi connectivity index (χ1v) is 10.8. The quantitative estimate of drug-likeness (QED) is 0.263. The second-order valence-corrected chi connectivity index (χ2v) is 7.77. The van der Waals surface area contributed by atoms with E-state index in [9.17, 15) is 19.7 Å². The SMILES string of the molecule is O=C(Cc1ccc([N+](=O)[O-])cc1)Nc1cc(-c2ccco2)nn1-c1nc(-c2ccccc2)cc(=O)[nH]1. The van der Waals surface area contributed by atoms with Gasteiger partial charge in [-0.25, -0.2) is 4.98 Å². The molecule has 2 N–H and O–H groups in total. The van der Waals surface area contributed by atoms with Crippen LogP contribution in [-0.2, 0) is 11.2 Å². The number of carbonyl (C=O) groups excluding carboxylic acids is 1. The van der Waals surface area contributed by atoms with Crippen LogP contribution in [0.25, 0.3) is 28.7 Å². The van der Waals surface area contributed by atoms with Gasteiger partial charge < -0.3 is 9.73 Å². The van der Waals surface area contributed by atoms with Crippen molar-refractivity contribution < 1.29 is 14.1 Å². The van der Waals surface area contributed by atoms with E-state index in [2.05, 4.69) is 20.4 Å². The van der Waals surface area contributed by atoms with Crippen LogP contribution in [-0.4, -0.2) is 30.6 Å². The maximum atomic E-state index is 12.8. The van der Waals surface area contributed by atoms with E-state index in [1.165, 1.54) is 41.3 Å². The van der Waals surface area contributed by atoms with E-state index in [0.29, 0.717) is 22.7 Å². The topological polar surface area (TPSA) is 149 Å². The molecule has 11 heteroatoms. The standard InChI is InChI=1S/C25H18N6O5/c32-23(13-16-8-10-18(11-9-16)31(34)35)27-22-14-20(21-7-4-12-36-21)29-30(22)25-26-19(15-24(33)28-25)17-5-2-1-3-6-17/h1-12,14-15H,13H2,(H,27,32)(H,26,28,33). The van der Waals surface area contributed by atoms with Crippen molar-refractivity contribution in [1.29, 1.82) is 0 Å². The normalized spacial score (nSPS) is 10.8. The van der Waals surface area contributed by atoms with Crippen LogP contribution in [0.5, 0.6) is 0 Å². The highest BCUT2D eigenvalue weighted by Crippen LogP contribution is 2.25. The minimum Gasteiger partial charge on any atom is -0.463 e. The van der Waals surface area contributed by atoms with Crippen LogP contribution >= 0.6 is 0 Å². The number of nitro groups is 1. The predicted octanol–water partition coefficient (Wildman–Crippen LogP) is 3.97. The third-order valence-electron chi connectivity index (χ3n) is 5.26. The van der Waals surface area contributed by atoms with E-state index in [4.69, 9.17) is 4.42 Å². The Balaban J connectivity index is 1.49. The number of hydrogen-bond acceptors (Lipinski definition) is 7. The zero-order valence-corrected chi connectivity index (χ0v) is 18.6. The maximum absolute atomic E-state index is 12.8. The highest BCUT2D eigenvalue weighted by atomic mass is 16.6. The number of H-pyrrole nitrogens is 1. The van der Waals surface area contributed by atoms with Crippen LogP contribution in [0.15, 0.2) is 94.3 Å². The van der Waals surface area contributed by atoms with E-state index >= 15 is 0 Å². The number of aromatic amines is 1. The third kappa shape index (κ3) is 4.80. The summed E-state index contributed by atoms with van der Waals surface area (Å²) in [5.74, 6) is 0.421. The molecule has 0 spiro atoms. The van der Waals surface area contributed by atoms with Crippen LogP contribution in [0.1, 0.15) is 5.56 Å². The number of nitrogens with zero attached hydrogens (tertiary/aromatic N) is 4. The lowest BCUT2D eigenvalue weighted by molar-refractivity contribution is -0.384.